The minimum atomic E-state index is -3.61. The number of rotatable bonds is 2. The average Bonchev–Trinajstić information content (AvgIpc) is 2.80. The Hall–Kier alpha value is -0.840. The zero-order chi connectivity index (χ0) is 17.4. The van der Waals surface area contributed by atoms with E-state index in [1.165, 1.54) is 11.0 Å². The molecular formula is C15H21ClNO4PS. The van der Waals surface area contributed by atoms with Gasteiger partial charge in [-0.3, -0.25) is 0 Å². The molecule has 1 amide bonds. The van der Waals surface area contributed by atoms with Gasteiger partial charge in [0.2, 0.25) is 0 Å². The van der Waals surface area contributed by atoms with Crippen LogP contribution < -0.4 is 0 Å². The van der Waals surface area contributed by atoms with Gasteiger partial charge in [0.05, 0.1) is 21.0 Å². The minimum Gasteiger partial charge on any atom is -0.444 e. The molecule has 5 nitrogen and oxygen atoms in total. The van der Waals surface area contributed by atoms with Crippen LogP contribution in [0.2, 0.25) is 5.02 Å². The van der Waals surface area contributed by atoms with Gasteiger partial charge in [0, 0.05) is 6.54 Å². The zero-order valence-corrected chi connectivity index (χ0v) is 16.0. The Morgan fingerprint density at radius 2 is 1.96 bits per heavy atom. The van der Waals surface area contributed by atoms with Crippen LogP contribution in [-0.4, -0.2) is 42.6 Å². The van der Waals surface area contributed by atoms with Crippen molar-refractivity contribution in [2.45, 2.75) is 48.7 Å². The molecule has 0 aromatic heterocycles. The maximum atomic E-state index is 12.8. The second-order valence-electron chi connectivity index (χ2n) is 6.53. The molecule has 128 valence electrons. The van der Waals surface area contributed by atoms with Crippen molar-refractivity contribution < 1.29 is 17.9 Å². The van der Waals surface area contributed by atoms with E-state index in [-0.39, 0.29) is 22.2 Å². The van der Waals surface area contributed by atoms with Gasteiger partial charge in [0.15, 0.2) is 9.84 Å². The van der Waals surface area contributed by atoms with Gasteiger partial charge < -0.3 is 9.64 Å². The van der Waals surface area contributed by atoms with Crippen molar-refractivity contribution in [3.63, 3.8) is 0 Å². The summed E-state index contributed by atoms with van der Waals surface area (Å²) < 4.78 is 30.9. The van der Waals surface area contributed by atoms with Crippen molar-refractivity contribution in [2.75, 3.05) is 6.54 Å². The summed E-state index contributed by atoms with van der Waals surface area (Å²) in [4.78, 5) is 13.8. The third-order valence-electron chi connectivity index (χ3n) is 3.52. The second-order valence-corrected chi connectivity index (χ2v) is 9.91. The van der Waals surface area contributed by atoms with E-state index in [1.807, 2.05) is 0 Å². The fourth-order valence-corrected chi connectivity index (χ4v) is 5.44. The van der Waals surface area contributed by atoms with Crippen molar-refractivity contribution in [1.82, 2.24) is 4.90 Å². The Balaban J connectivity index is 2.21. The zero-order valence-electron chi connectivity index (χ0n) is 13.3. The molecule has 0 radical (unpaired) electrons. The lowest BCUT2D eigenvalue weighted by atomic mass is 10.2. The molecule has 1 unspecified atom stereocenters. The Morgan fingerprint density at radius 3 is 2.52 bits per heavy atom. The smallest absolute Gasteiger partial charge is 0.410 e. The summed E-state index contributed by atoms with van der Waals surface area (Å²) in [5.41, 5.74) is -0.624. The maximum absolute atomic E-state index is 12.8. The highest BCUT2D eigenvalue weighted by atomic mass is 35.5. The number of nitrogens with zero attached hydrogens (tertiary/aromatic N) is 1. The van der Waals surface area contributed by atoms with Gasteiger partial charge in [0.1, 0.15) is 5.60 Å². The van der Waals surface area contributed by atoms with E-state index in [0.29, 0.717) is 6.42 Å². The lowest BCUT2D eigenvalue weighted by Gasteiger charge is -2.26. The first-order valence-corrected chi connectivity index (χ1v) is 9.85. The van der Waals surface area contributed by atoms with Gasteiger partial charge in [-0.25, -0.2) is 13.2 Å². The first kappa shape index (κ1) is 18.5. The van der Waals surface area contributed by atoms with E-state index in [0.717, 1.165) is 0 Å². The molecule has 3 atom stereocenters. The third-order valence-corrected chi connectivity index (χ3v) is 6.78. The Labute approximate surface area is 144 Å². The van der Waals surface area contributed by atoms with Gasteiger partial charge in [-0.15, -0.1) is 9.24 Å². The van der Waals surface area contributed by atoms with Crippen molar-refractivity contribution >= 4 is 36.8 Å². The van der Waals surface area contributed by atoms with Crippen molar-refractivity contribution in [2.24, 2.45) is 0 Å². The molecule has 1 fully saturated rings. The molecule has 8 heteroatoms. The molecule has 0 aliphatic carbocycles. The topological polar surface area (TPSA) is 63.7 Å². The van der Waals surface area contributed by atoms with Gasteiger partial charge in [-0.2, -0.15) is 0 Å². The van der Waals surface area contributed by atoms with E-state index >= 15 is 0 Å². The first-order valence-electron chi connectivity index (χ1n) is 7.26. The standard InChI is InChI=1S/C15H21ClNO4PS/c1-15(2,3)21-14(18)17-9-10(8-13(17)22)23(19,20)12-7-5-4-6-11(12)16/h4-7,10,13H,8-9,22H2,1-3H3/t10-,13-/m1/s1. The van der Waals surface area contributed by atoms with Crippen LogP contribution in [-0.2, 0) is 14.6 Å². The number of benzene rings is 1. The van der Waals surface area contributed by atoms with Crippen LogP contribution in [0.5, 0.6) is 0 Å². The molecule has 1 heterocycles. The molecule has 1 saturated heterocycles. The number of amides is 1. The van der Waals surface area contributed by atoms with Crippen molar-refractivity contribution in [3.05, 3.63) is 29.3 Å². The predicted octanol–water partition coefficient (Wildman–Crippen LogP) is 3.32. The molecular weight excluding hydrogens is 357 g/mol. The molecule has 1 aliphatic heterocycles. The monoisotopic (exact) mass is 377 g/mol. The minimum absolute atomic E-state index is 0.0939. The molecule has 1 aliphatic rings. The highest BCUT2D eigenvalue weighted by molar-refractivity contribution is 7.92. The van der Waals surface area contributed by atoms with E-state index < -0.39 is 26.8 Å². The van der Waals surface area contributed by atoms with Crippen LogP contribution in [0.3, 0.4) is 0 Å². The summed E-state index contributed by atoms with van der Waals surface area (Å²) in [6, 6.07) is 6.36. The number of carbonyl (C=O) groups excluding carboxylic acids is 1. The Bertz CT molecular complexity index is 702. The number of halogens is 1. The van der Waals surface area contributed by atoms with Crippen LogP contribution in [0, 0.1) is 0 Å². The summed E-state index contributed by atoms with van der Waals surface area (Å²) in [7, 11) is -1.10. The fourth-order valence-electron chi connectivity index (χ4n) is 2.44. The van der Waals surface area contributed by atoms with Crippen LogP contribution in [0.1, 0.15) is 27.2 Å². The highest BCUT2D eigenvalue weighted by Crippen LogP contribution is 2.34. The second kappa shape index (κ2) is 6.58. The molecule has 0 N–H and O–H groups in total. The van der Waals surface area contributed by atoms with Crippen molar-refractivity contribution in [1.29, 1.82) is 0 Å². The maximum Gasteiger partial charge on any atom is 0.410 e. The molecule has 1 aromatic carbocycles. The third kappa shape index (κ3) is 4.17. The molecule has 0 spiro atoms. The fraction of sp³-hybridized carbons (Fsp3) is 0.533. The molecule has 23 heavy (non-hydrogen) atoms. The lowest BCUT2D eigenvalue weighted by molar-refractivity contribution is 0.0277. The summed E-state index contributed by atoms with van der Waals surface area (Å²) >= 11 is 6.02. The van der Waals surface area contributed by atoms with Gasteiger partial charge in [-0.05, 0) is 39.3 Å². The number of hydrogen-bond donors (Lipinski definition) is 0. The molecule has 0 saturated carbocycles. The summed E-state index contributed by atoms with van der Waals surface area (Å²) in [5, 5.41) is -0.499. The van der Waals surface area contributed by atoms with E-state index in [9.17, 15) is 13.2 Å². The summed E-state index contributed by atoms with van der Waals surface area (Å²) in [6.07, 6.45) is -0.174. The van der Waals surface area contributed by atoms with Crippen molar-refractivity contribution in [3.8, 4) is 0 Å². The number of hydrogen-bond acceptors (Lipinski definition) is 4. The average molecular weight is 378 g/mol. The predicted molar refractivity (Wildman–Crippen MR) is 93.5 cm³/mol. The normalized spacial score (nSPS) is 22.2. The Morgan fingerprint density at radius 1 is 1.35 bits per heavy atom. The van der Waals surface area contributed by atoms with Gasteiger partial charge in [-0.1, -0.05) is 23.7 Å². The van der Waals surface area contributed by atoms with Crippen LogP contribution >= 0.6 is 20.8 Å². The Kier molecular flexibility index (Phi) is 5.29. The molecule has 1 aromatic rings. The summed E-state index contributed by atoms with van der Waals surface area (Å²) in [5.74, 6) is -0.285. The molecule has 2 rings (SSSR count). The van der Waals surface area contributed by atoms with E-state index in [4.69, 9.17) is 16.3 Å². The number of carbonyl (C=O) groups is 1. The highest BCUT2D eigenvalue weighted by Gasteiger charge is 2.42. The SMILES string of the molecule is CC(C)(C)OC(=O)N1C[C@H](S(=O)(=O)c2ccccc2Cl)C[C@H]1P. The first-order chi connectivity index (χ1) is 10.5. The van der Waals surface area contributed by atoms with Crippen LogP contribution in [0.25, 0.3) is 0 Å². The van der Waals surface area contributed by atoms with Gasteiger partial charge >= 0.3 is 6.09 Å². The van der Waals surface area contributed by atoms with E-state index in [2.05, 4.69) is 9.24 Å². The summed E-state index contributed by atoms with van der Waals surface area (Å²) in [6.45, 7) is 5.42. The number of sulfone groups is 1. The molecule has 0 bridgehead atoms. The number of ether oxygens (including phenoxy) is 1. The van der Waals surface area contributed by atoms with Crippen LogP contribution in [0.15, 0.2) is 29.2 Å². The number of likely N-dealkylation sites (tertiary alicyclic amines) is 1. The largest absolute Gasteiger partial charge is 0.444 e. The lowest BCUT2D eigenvalue weighted by Crippen LogP contribution is -2.38. The van der Waals surface area contributed by atoms with E-state index in [1.54, 1.807) is 39.0 Å². The quantitative estimate of drug-likeness (QED) is 0.742. The van der Waals surface area contributed by atoms with Crippen LogP contribution in [0.4, 0.5) is 4.79 Å². The van der Waals surface area contributed by atoms with Gasteiger partial charge in [0.25, 0.3) is 0 Å².